The first-order valence-corrected chi connectivity index (χ1v) is 7.29. The van der Waals surface area contributed by atoms with E-state index in [2.05, 4.69) is 24.1 Å². The lowest BCUT2D eigenvalue weighted by molar-refractivity contribution is -0.123. The average Bonchev–Trinajstić information content (AvgIpc) is 2.37. The molecular weight excluding hydrogens is 266 g/mol. The molecule has 1 amide bonds. The molecule has 0 fully saturated rings. The number of carbonyl (C=O) groups excluding carboxylic acids is 1. The summed E-state index contributed by atoms with van der Waals surface area (Å²) < 4.78 is 5.02. The van der Waals surface area contributed by atoms with Gasteiger partial charge in [-0.15, -0.1) is 0 Å². The van der Waals surface area contributed by atoms with Gasteiger partial charge in [0.1, 0.15) is 0 Å². The molecule has 0 aromatic heterocycles. The quantitative estimate of drug-likeness (QED) is 0.715. The van der Waals surface area contributed by atoms with Crippen molar-refractivity contribution in [2.45, 2.75) is 39.4 Å². The van der Waals surface area contributed by atoms with Crippen molar-refractivity contribution in [3.63, 3.8) is 0 Å². The van der Waals surface area contributed by atoms with Crippen LogP contribution in [0.2, 0.25) is 0 Å². The summed E-state index contributed by atoms with van der Waals surface area (Å²) in [6.45, 7) is 7.67. The molecule has 21 heavy (non-hydrogen) atoms. The van der Waals surface area contributed by atoms with Gasteiger partial charge in [0.2, 0.25) is 5.91 Å². The fourth-order valence-electron chi connectivity index (χ4n) is 2.14. The van der Waals surface area contributed by atoms with E-state index in [1.54, 1.807) is 7.11 Å². The van der Waals surface area contributed by atoms with Gasteiger partial charge in [-0.25, -0.2) is 0 Å². The highest BCUT2D eigenvalue weighted by atomic mass is 16.5. The van der Waals surface area contributed by atoms with E-state index in [0.29, 0.717) is 19.7 Å². The van der Waals surface area contributed by atoms with Crippen LogP contribution >= 0.6 is 0 Å². The summed E-state index contributed by atoms with van der Waals surface area (Å²) in [6.07, 6.45) is 0. The van der Waals surface area contributed by atoms with Gasteiger partial charge in [-0.3, -0.25) is 9.69 Å². The number of carbonyl (C=O) groups is 1. The van der Waals surface area contributed by atoms with E-state index in [1.165, 1.54) is 0 Å². The van der Waals surface area contributed by atoms with Crippen LogP contribution in [-0.4, -0.2) is 43.2 Å². The normalized spacial score (nSPS) is 12.7. The van der Waals surface area contributed by atoms with Crippen LogP contribution in [0.15, 0.2) is 24.3 Å². The highest BCUT2D eigenvalue weighted by Crippen LogP contribution is 2.11. The molecule has 1 aromatic rings. The van der Waals surface area contributed by atoms with Crippen LogP contribution in [0.5, 0.6) is 0 Å². The smallest absolute Gasteiger partial charge is 0.234 e. The minimum Gasteiger partial charge on any atom is -0.399 e. The number of anilines is 1. The van der Waals surface area contributed by atoms with Crippen molar-refractivity contribution in [1.82, 2.24) is 10.2 Å². The predicted molar refractivity (Wildman–Crippen MR) is 85.9 cm³/mol. The number of rotatable bonds is 8. The molecule has 0 saturated carbocycles. The Bertz CT molecular complexity index is 449. The van der Waals surface area contributed by atoms with Gasteiger partial charge in [0.25, 0.3) is 0 Å². The monoisotopic (exact) mass is 293 g/mol. The molecule has 5 nitrogen and oxygen atoms in total. The zero-order valence-corrected chi connectivity index (χ0v) is 13.4. The molecule has 1 unspecified atom stereocenters. The molecule has 118 valence electrons. The van der Waals surface area contributed by atoms with Gasteiger partial charge in [0, 0.05) is 31.4 Å². The Morgan fingerprint density at radius 3 is 2.67 bits per heavy atom. The van der Waals surface area contributed by atoms with E-state index in [-0.39, 0.29) is 18.0 Å². The fraction of sp³-hybridized carbons (Fsp3) is 0.562. The number of hydrogen-bond acceptors (Lipinski definition) is 4. The summed E-state index contributed by atoms with van der Waals surface area (Å²) in [5.74, 6) is 0.0113. The first-order chi connectivity index (χ1) is 9.92. The number of nitrogens with zero attached hydrogens (tertiary/aromatic N) is 1. The van der Waals surface area contributed by atoms with Gasteiger partial charge in [-0.1, -0.05) is 12.1 Å². The number of nitrogen functional groups attached to an aromatic ring is 1. The van der Waals surface area contributed by atoms with Crippen molar-refractivity contribution in [1.29, 1.82) is 0 Å². The molecule has 0 radical (unpaired) electrons. The number of amides is 1. The van der Waals surface area contributed by atoms with Crippen molar-refractivity contribution in [3.05, 3.63) is 29.8 Å². The van der Waals surface area contributed by atoms with Crippen LogP contribution in [0, 0.1) is 0 Å². The highest BCUT2D eigenvalue weighted by molar-refractivity contribution is 5.78. The van der Waals surface area contributed by atoms with Crippen molar-refractivity contribution in [2.24, 2.45) is 0 Å². The van der Waals surface area contributed by atoms with Gasteiger partial charge in [-0.2, -0.15) is 0 Å². The Balaban J connectivity index is 2.59. The first kappa shape index (κ1) is 17.5. The zero-order chi connectivity index (χ0) is 15.8. The number of nitrogens with two attached hydrogens (primary N) is 1. The summed E-state index contributed by atoms with van der Waals surface area (Å²) >= 11 is 0. The third kappa shape index (κ3) is 6.60. The van der Waals surface area contributed by atoms with Gasteiger partial charge >= 0.3 is 0 Å². The van der Waals surface area contributed by atoms with E-state index in [9.17, 15) is 4.79 Å². The highest BCUT2D eigenvalue weighted by Gasteiger charge is 2.16. The van der Waals surface area contributed by atoms with Gasteiger partial charge < -0.3 is 15.8 Å². The van der Waals surface area contributed by atoms with E-state index in [1.807, 2.05) is 31.2 Å². The minimum absolute atomic E-state index is 0.0113. The Morgan fingerprint density at radius 1 is 1.38 bits per heavy atom. The summed E-state index contributed by atoms with van der Waals surface area (Å²) in [5, 5.41) is 2.93. The van der Waals surface area contributed by atoms with Gasteiger partial charge in [0.05, 0.1) is 13.2 Å². The Labute approximate surface area is 127 Å². The van der Waals surface area contributed by atoms with E-state index in [4.69, 9.17) is 10.5 Å². The molecule has 1 atom stereocenters. The molecule has 0 aliphatic carbocycles. The second kappa shape index (κ2) is 8.64. The molecule has 0 aliphatic heterocycles. The maximum atomic E-state index is 12.1. The van der Waals surface area contributed by atoms with Crippen molar-refractivity contribution in [2.75, 3.05) is 26.0 Å². The fourth-order valence-corrected chi connectivity index (χ4v) is 2.14. The summed E-state index contributed by atoms with van der Waals surface area (Å²) in [4.78, 5) is 14.2. The number of hydrogen-bond donors (Lipinski definition) is 2. The molecule has 1 rings (SSSR count). The van der Waals surface area contributed by atoms with Crippen molar-refractivity contribution in [3.8, 4) is 0 Å². The average molecular weight is 293 g/mol. The Hall–Kier alpha value is -1.59. The topological polar surface area (TPSA) is 67.6 Å². The molecule has 0 heterocycles. The lowest BCUT2D eigenvalue weighted by Crippen LogP contribution is -2.44. The lowest BCUT2D eigenvalue weighted by atomic mass is 10.1. The van der Waals surface area contributed by atoms with Crippen LogP contribution in [0.25, 0.3) is 0 Å². The van der Waals surface area contributed by atoms with Crippen LogP contribution in [0.4, 0.5) is 5.69 Å². The molecule has 5 heteroatoms. The largest absolute Gasteiger partial charge is 0.399 e. The summed E-state index contributed by atoms with van der Waals surface area (Å²) in [6, 6.07) is 8.06. The SMILES string of the molecule is COCC(C)NC(=O)CN(Cc1cccc(N)c1)C(C)C. The Morgan fingerprint density at radius 2 is 2.10 bits per heavy atom. The molecule has 0 spiro atoms. The minimum atomic E-state index is 0.0113. The summed E-state index contributed by atoms with van der Waals surface area (Å²) in [5.41, 5.74) is 7.66. The van der Waals surface area contributed by atoms with E-state index in [0.717, 1.165) is 11.3 Å². The first-order valence-electron chi connectivity index (χ1n) is 7.29. The van der Waals surface area contributed by atoms with Crippen LogP contribution in [0.3, 0.4) is 0 Å². The maximum Gasteiger partial charge on any atom is 0.234 e. The second-order valence-electron chi connectivity index (χ2n) is 5.67. The zero-order valence-electron chi connectivity index (χ0n) is 13.4. The lowest BCUT2D eigenvalue weighted by Gasteiger charge is -2.26. The molecule has 0 bridgehead atoms. The van der Waals surface area contributed by atoms with Crippen LogP contribution in [-0.2, 0) is 16.1 Å². The molecule has 0 aliphatic rings. The predicted octanol–water partition coefficient (Wildman–Crippen LogP) is 1.63. The standard InChI is InChI=1S/C16H27N3O2/c1-12(2)19(9-14-6-5-7-15(17)8-14)10-16(20)18-13(3)11-21-4/h5-8,12-13H,9-11,17H2,1-4H3,(H,18,20). The maximum absolute atomic E-state index is 12.1. The van der Waals surface area contributed by atoms with E-state index < -0.39 is 0 Å². The molecular formula is C16H27N3O2. The van der Waals surface area contributed by atoms with Crippen molar-refractivity contribution >= 4 is 11.6 Å². The number of benzene rings is 1. The number of methoxy groups -OCH3 is 1. The van der Waals surface area contributed by atoms with Gasteiger partial charge in [-0.05, 0) is 38.5 Å². The number of nitrogens with one attached hydrogen (secondary N) is 1. The third-order valence-electron chi connectivity index (χ3n) is 3.24. The Kier molecular flexibility index (Phi) is 7.19. The van der Waals surface area contributed by atoms with Crippen LogP contribution < -0.4 is 11.1 Å². The molecule has 3 N–H and O–H groups in total. The van der Waals surface area contributed by atoms with Gasteiger partial charge in [0.15, 0.2) is 0 Å². The summed E-state index contributed by atoms with van der Waals surface area (Å²) in [7, 11) is 1.63. The second-order valence-corrected chi connectivity index (χ2v) is 5.67. The van der Waals surface area contributed by atoms with E-state index >= 15 is 0 Å². The van der Waals surface area contributed by atoms with Crippen LogP contribution in [0.1, 0.15) is 26.3 Å². The van der Waals surface area contributed by atoms with Crippen molar-refractivity contribution < 1.29 is 9.53 Å². The number of ether oxygens (including phenoxy) is 1. The third-order valence-corrected chi connectivity index (χ3v) is 3.24. The molecule has 0 saturated heterocycles. The molecule has 1 aromatic carbocycles.